The molecule has 1 atom stereocenters. The molecule has 24 heavy (non-hydrogen) atoms. The molecule has 2 N–H and O–H groups in total. The van der Waals surface area contributed by atoms with Crippen molar-refractivity contribution in [3.63, 3.8) is 0 Å². The maximum atomic E-state index is 12.8. The molecule has 0 fully saturated rings. The van der Waals surface area contributed by atoms with Crippen LogP contribution in [0.3, 0.4) is 0 Å². The quantitative estimate of drug-likeness (QED) is 0.809. The van der Waals surface area contributed by atoms with E-state index in [1.807, 2.05) is 54.6 Å². The smallest absolute Gasteiger partial charge is 0.229 e. The summed E-state index contributed by atoms with van der Waals surface area (Å²) in [5, 5.41) is 0. The van der Waals surface area contributed by atoms with E-state index in [9.17, 15) is 4.79 Å². The average Bonchev–Trinajstić information content (AvgIpc) is 2.65. The van der Waals surface area contributed by atoms with Crippen molar-refractivity contribution in [2.24, 2.45) is 5.73 Å². The monoisotopic (exact) mass is 328 g/mol. The molecule has 0 bridgehead atoms. The Balaban J connectivity index is 2.24. The summed E-state index contributed by atoms with van der Waals surface area (Å²) in [5.41, 5.74) is 7.52. The SMILES string of the molecule is COc1ccc(N(Cc2ccccc2)C(=O)CC(CN)OC)cc1. The first-order valence-electron chi connectivity index (χ1n) is 7.89. The van der Waals surface area contributed by atoms with Gasteiger partial charge in [-0.3, -0.25) is 4.79 Å². The second kappa shape index (κ2) is 9.05. The van der Waals surface area contributed by atoms with Crippen molar-refractivity contribution in [3.8, 4) is 5.75 Å². The number of carbonyl (C=O) groups excluding carboxylic acids is 1. The van der Waals surface area contributed by atoms with Gasteiger partial charge in [0, 0.05) is 19.3 Å². The number of carbonyl (C=O) groups is 1. The highest BCUT2D eigenvalue weighted by Gasteiger charge is 2.20. The second-order valence-corrected chi connectivity index (χ2v) is 5.46. The molecule has 1 unspecified atom stereocenters. The Hall–Kier alpha value is -2.37. The van der Waals surface area contributed by atoms with E-state index in [2.05, 4.69) is 0 Å². The van der Waals surface area contributed by atoms with Gasteiger partial charge in [0.1, 0.15) is 5.75 Å². The second-order valence-electron chi connectivity index (χ2n) is 5.46. The molecule has 2 aromatic rings. The van der Waals surface area contributed by atoms with E-state index >= 15 is 0 Å². The number of hydrogen-bond acceptors (Lipinski definition) is 4. The van der Waals surface area contributed by atoms with E-state index < -0.39 is 0 Å². The zero-order valence-corrected chi connectivity index (χ0v) is 14.1. The lowest BCUT2D eigenvalue weighted by Gasteiger charge is -2.25. The minimum Gasteiger partial charge on any atom is -0.497 e. The normalized spacial score (nSPS) is 11.8. The van der Waals surface area contributed by atoms with E-state index in [0.29, 0.717) is 13.1 Å². The lowest BCUT2D eigenvalue weighted by Crippen LogP contribution is -2.35. The van der Waals surface area contributed by atoms with Crippen LogP contribution in [0.15, 0.2) is 54.6 Å². The Morgan fingerprint density at radius 1 is 1.08 bits per heavy atom. The molecule has 0 heterocycles. The van der Waals surface area contributed by atoms with Gasteiger partial charge in [-0.2, -0.15) is 0 Å². The molecule has 5 heteroatoms. The van der Waals surface area contributed by atoms with Crippen LogP contribution in [-0.4, -0.2) is 32.8 Å². The average molecular weight is 328 g/mol. The van der Waals surface area contributed by atoms with Crippen molar-refractivity contribution >= 4 is 11.6 Å². The van der Waals surface area contributed by atoms with Gasteiger partial charge in [-0.1, -0.05) is 30.3 Å². The largest absolute Gasteiger partial charge is 0.497 e. The van der Waals surface area contributed by atoms with Crippen LogP contribution in [0.1, 0.15) is 12.0 Å². The number of nitrogens with zero attached hydrogens (tertiary/aromatic N) is 1. The van der Waals surface area contributed by atoms with E-state index in [0.717, 1.165) is 17.0 Å². The van der Waals surface area contributed by atoms with Crippen LogP contribution in [0, 0.1) is 0 Å². The standard InChI is InChI=1S/C19H24N2O3/c1-23-17-10-8-16(9-11-17)21(14-15-6-4-3-5-7-15)19(22)12-18(13-20)24-2/h3-11,18H,12-14,20H2,1-2H3. The van der Waals surface area contributed by atoms with Crippen LogP contribution in [0.5, 0.6) is 5.75 Å². The third-order valence-electron chi connectivity index (χ3n) is 3.87. The molecule has 2 aromatic carbocycles. The van der Waals surface area contributed by atoms with Crippen molar-refractivity contribution in [1.29, 1.82) is 0 Å². The van der Waals surface area contributed by atoms with Crippen LogP contribution in [0.4, 0.5) is 5.69 Å². The molecule has 128 valence electrons. The van der Waals surface area contributed by atoms with Gasteiger partial charge in [-0.15, -0.1) is 0 Å². The van der Waals surface area contributed by atoms with Gasteiger partial charge < -0.3 is 20.1 Å². The molecule has 1 amide bonds. The van der Waals surface area contributed by atoms with Crippen molar-refractivity contribution < 1.29 is 14.3 Å². The summed E-state index contributed by atoms with van der Waals surface area (Å²) in [6, 6.07) is 17.3. The number of methoxy groups -OCH3 is 2. The first-order chi connectivity index (χ1) is 11.7. The highest BCUT2D eigenvalue weighted by atomic mass is 16.5. The van der Waals surface area contributed by atoms with E-state index in [-0.39, 0.29) is 18.4 Å². The van der Waals surface area contributed by atoms with Crippen LogP contribution >= 0.6 is 0 Å². The van der Waals surface area contributed by atoms with Crippen molar-refractivity contribution in [2.45, 2.75) is 19.1 Å². The van der Waals surface area contributed by atoms with Gasteiger partial charge in [-0.25, -0.2) is 0 Å². The number of amides is 1. The summed E-state index contributed by atoms with van der Waals surface area (Å²) < 4.78 is 10.4. The highest BCUT2D eigenvalue weighted by molar-refractivity contribution is 5.93. The molecule has 2 rings (SSSR count). The van der Waals surface area contributed by atoms with Gasteiger partial charge in [-0.05, 0) is 29.8 Å². The third kappa shape index (κ3) is 4.81. The highest BCUT2D eigenvalue weighted by Crippen LogP contribution is 2.22. The summed E-state index contributed by atoms with van der Waals surface area (Å²) in [5.74, 6) is 0.726. The zero-order chi connectivity index (χ0) is 17.4. The van der Waals surface area contributed by atoms with Gasteiger partial charge in [0.25, 0.3) is 0 Å². The molecule has 0 radical (unpaired) electrons. The molecule has 0 saturated heterocycles. The maximum Gasteiger partial charge on any atom is 0.229 e. The Labute approximate surface area is 143 Å². The molecular formula is C19H24N2O3. The molecule has 0 aliphatic rings. The molecular weight excluding hydrogens is 304 g/mol. The number of benzene rings is 2. The van der Waals surface area contributed by atoms with Gasteiger partial charge >= 0.3 is 0 Å². The topological polar surface area (TPSA) is 64.8 Å². The number of anilines is 1. The minimum absolute atomic E-state index is 0.0266. The van der Waals surface area contributed by atoms with Crippen molar-refractivity contribution in [2.75, 3.05) is 25.7 Å². The Bertz CT molecular complexity index is 625. The maximum absolute atomic E-state index is 12.8. The number of ether oxygens (including phenoxy) is 2. The van der Waals surface area contributed by atoms with Gasteiger partial charge in [0.05, 0.1) is 26.2 Å². The fourth-order valence-corrected chi connectivity index (χ4v) is 2.42. The number of rotatable bonds is 8. The molecule has 0 aliphatic carbocycles. The van der Waals surface area contributed by atoms with Crippen LogP contribution in [0.25, 0.3) is 0 Å². The summed E-state index contributed by atoms with van der Waals surface area (Å²) in [7, 11) is 3.19. The predicted octanol–water partition coefficient (Wildman–Crippen LogP) is 2.59. The summed E-state index contributed by atoms with van der Waals surface area (Å²) in [6.45, 7) is 0.803. The Morgan fingerprint density at radius 3 is 2.29 bits per heavy atom. The molecule has 0 aliphatic heterocycles. The van der Waals surface area contributed by atoms with Crippen LogP contribution < -0.4 is 15.4 Å². The molecule has 0 aromatic heterocycles. The predicted molar refractivity (Wildman–Crippen MR) is 95.1 cm³/mol. The summed E-state index contributed by atoms with van der Waals surface area (Å²) in [4.78, 5) is 14.5. The van der Waals surface area contributed by atoms with E-state index in [1.54, 1.807) is 19.1 Å². The lowest BCUT2D eigenvalue weighted by molar-refractivity contribution is -0.121. The number of hydrogen-bond donors (Lipinski definition) is 1. The Morgan fingerprint density at radius 2 is 1.75 bits per heavy atom. The van der Waals surface area contributed by atoms with Gasteiger partial charge in [0.15, 0.2) is 0 Å². The van der Waals surface area contributed by atoms with Crippen molar-refractivity contribution in [1.82, 2.24) is 0 Å². The molecule has 0 spiro atoms. The van der Waals surface area contributed by atoms with Crippen LogP contribution in [0.2, 0.25) is 0 Å². The zero-order valence-electron chi connectivity index (χ0n) is 14.1. The van der Waals surface area contributed by atoms with E-state index in [4.69, 9.17) is 15.2 Å². The molecule has 5 nitrogen and oxygen atoms in total. The summed E-state index contributed by atoms with van der Waals surface area (Å²) in [6.07, 6.45) is -0.0414. The van der Waals surface area contributed by atoms with Crippen LogP contribution in [-0.2, 0) is 16.1 Å². The third-order valence-corrected chi connectivity index (χ3v) is 3.87. The van der Waals surface area contributed by atoms with E-state index in [1.165, 1.54) is 0 Å². The summed E-state index contributed by atoms with van der Waals surface area (Å²) >= 11 is 0. The first-order valence-corrected chi connectivity index (χ1v) is 7.89. The van der Waals surface area contributed by atoms with Crippen molar-refractivity contribution in [3.05, 3.63) is 60.2 Å². The Kier molecular flexibility index (Phi) is 6.78. The minimum atomic E-state index is -0.283. The van der Waals surface area contributed by atoms with Gasteiger partial charge in [0.2, 0.25) is 5.91 Å². The fourth-order valence-electron chi connectivity index (χ4n) is 2.42. The molecule has 0 saturated carbocycles. The fraction of sp³-hybridized carbons (Fsp3) is 0.316. The first kappa shape index (κ1) is 18.0. The lowest BCUT2D eigenvalue weighted by atomic mass is 10.1. The number of nitrogens with two attached hydrogens (primary N) is 1.